The molecule has 0 aromatic rings. The molecule has 1 N–H and O–H groups in total. The Morgan fingerprint density at radius 3 is 2.55 bits per heavy atom. The zero-order valence-corrected chi connectivity index (χ0v) is 12.5. The maximum Gasteiger partial charge on any atom is 0.240 e. The minimum absolute atomic E-state index is 0.157. The molecule has 1 amide bonds. The van der Waals surface area contributed by atoms with Gasteiger partial charge in [0.25, 0.3) is 0 Å². The third-order valence-corrected chi connectivity index (χ3v) is 6.54. The molecule has 2 aliphatic carbocycles. The summed E-state index contributed by atoms with van der Waals surface area (Å²) in [6.45, 7) is 2.11. The molecule has 2 heterocycles. The molecular formula is C17H28N2O. The van der Waals surface area contributed by atoms with Crippen molar-refractivity contribution in [1.29, 1.82) is 0 Å². The zero-order valence-electron chi connectivity index (χ0n) is 12.5. The fourth-order valence-electron chi connectivity index (χ4n) is 5.54. The number of nitrogens with one attached hydrogen (secondary N) is 1. The van der Waals surface area contributed by atoms with Crippen LogP contribution in [0, 0.1) is 17.8 Å². The van der Waals surface area contributed by atoms with Crippen molar-refractivity contribution in [3.63, 3.8) is 0 Å². The Bertz CT molecular complexity index is 377. The highest BCUT2D eigenvalue weighted by Gasteiger charge is 2.46. The highest BCUT2D eigenvalue weighted by atomic mass is 16.2. The lowest BCUT2D eigenvalue weighted by Crippen LogP contribution is -2.49. The van der Waals surface area contributed by atoms with E-state index in [1.54, 1.807) is 0 Å². The lowest BCUT2D eigenvalue weighted by Gasteiger charge is -2.32. The molecule has 0 aromatic heterocycles. The average molecular weight is 276 g/mol. The van der Waals surface area contributed by atoms with E-state index in [0.29, 0.717) is 17.9 Å². The summed E-state index contributed by atoms with van der Waals surface area (Å²) in [6, 6.07) is 0.733. The van der Waals surface area contributed by atoms with Crippen molar-refractivity contribution in [3.05, 3.63) is 0 Å². The van der Waals surface area contributed by atoms with Gasteiger partial charge in [-0.1, -0.05) is 19.3 Å². The lowest BCUT2D eigenvalue weighted by molar-refractivity contribution is -0.135. The van der Waals surface area contributed by atoms with Gasteiger partial charge in [-0.25, -0.2) is 0 Å². The second-order valence-corrected chi connectivity index (χ2v) is 7.53. The Balaban J connectivity index is 1.47. The number of carbonyl (C=O) groups excluding carboxylic acids is 1. The predicted octanol–water partition coefficient (Wildman–Crippen LogP) is 2.56. The summed E-state index contributed by atoms with van der Waals surface area (Å²) in [5, 5.41) is 3.56. The van der Waals surface area contributed by atoms with Crippen molar-refractivity contribution in [3.8, 4) is 0 Å². The van der Waals surface area contributed by atoms with E-state index in [9.17, 15) is 4.79 Å². The molecule has 4 atom stereocenters. The van der Waals surface area contributed by atoms with E-state index in [0.717, 1.165) is 24.9 Å². The molecule has 4 rings (SSSR count). The van der Waals surface area contributed by atoms with E-state index in [4.69, 9.17) is 0 Å². The number of hydrogen-bond donors (Lipinski definition) is 1. The molecule has 112 valence electrons. The van der Waals surface area contributed by atoms with Crippen molar-refractivity contribution < 1.29 is 4.79 Å². The number of rotatable bonds is 2. The first kappa shape index (κ1) is 13.1. The van der Waals surface area contributed by atoms with Crippen LogP contribution in [0.25, 0.3) is 0 Å². The number of fused-ring (bicyclic) bond motifs is 1. The summed E-state index contributed by atoms with van der Waals surface area (Å²) < 4.78 is 0. The Morgan fingerprint density at radius 2 is 1.70 bits per heavy atom. The van der Waals surface area contributed by atoms with Gasteiger partial charge < -0.3 is 10.2 Å². The number of hydrogen-bond acceptors (Lipinski definition) is 2. The van der Waals surface area contributed by atoms with Crippen molar-refractivity contribution in [2.75, 3.05) is 13.1 Å². The van der Waals surface area contributed by atoms with Gasteiger partial charge in [0.05, 0.1) is 6.04 Å². The zero-order chi connectivity index (χ0) is 13.5. The molecular weight excluding hydrogens is 248 g/mol. The summed E-state index contributed by atoms with van der Waals surface area (Å²) in [7, 11) is 0. The van der Waals surface area contributed by atoms with Crippen LogP contribution >= 0.6 is 0 Å². The predicted molar refractivity (Wildman–Crippen MR) is 79.3 cm³/mol. The molecule has 2 saturated carbocycles. The molecule has 4 aliphatic rings. The lowest BCUT2D eigenvalue weighted by atomic mass is 9.91. The van der Waals surface area contributed by atoms with Gasteiger partial charge >= 0.3 is 0 Å². The Kier molecular flexibility index (Phi) is 3.49. The Hall–Kier alpha value is -0.570. The molecule has 3 heteroatoms. The summed E-state index contributed by atoms with van der Waals surface area (Å²) in [5.74, 6) is 2.69. The van der Waals surface area contributed by atoms with Crippen LogP contribution < -0.4 is 5.32 Å². The molecule has 0 spiro atoms. The molecule has 4 unspecified atom stereocenters. The molecule has 2 saturated heterocycles. The summed E-state index contributed by atoms with van der Waals surface area (Å²) in [5.41, 5.74) is 0. The maximum absolute atomic E-state index is 13.0. The van der Waals surface area contributed by atoms with Gasteiger partial charge in [0.2, 0.25) is 5.91 Å². The first-order valence-corrected chi connectivity index (χ1v) is 8.88. The van der Waals surface area contributed by atoms with Gasteiger partial charge in [-0.3, -0.25) is 4.79 Å². The highest BCUT2D eigenvalue weighted by Crippen LogP contribution is 2.40. The van der Waals surface area contributed by atoms with Crippen molar-refractivity contribution in [1.82, 2.24) is 10.2 Å². The second kappa shape index (κ2) is 5.32. The molecule has 3 nitrogen and oxygen atoms in total. The van der Waals surface area contributed by atoms with Gasteiger partial charge in [-0.05, 0) is 62.8 Å². The van der Waals surface area contributed by atoms with Crippen LogP contribution in [0.2, 0.25) is 0 Å². The van der Waals surface area contributed by atoms with Crippen LogP contribution in [0.1, 0.15) is 57.8 Å². The number of likely N-dealkylation sites (tertiary alicyclic amines) is 1. The van der Waals surface area contributed by atoms with Crippen LogP contribution in [-0.4, -0.2) is 36.0 Å². The van der Waals surface area contributed by atoms with E-state index in [-0.39, 0.29) is 6.04 Å². The van der Waals surface area contributed by atoms with Gasteiger partial charge in [0.1, 0.15) is 0 Å². The number of amides is 1. The van der Waals surface area contributed by atoms with Crippen molar-refractivity contribution in [2.45, 2.75) is 69.9 Å². The van der Waals surface area contributed by atoms with Crippen LogP contribution in [0.4, 0.5) is 0 Å². The maximum atomic E-state index is 13.0. The van der Waals surface area contributed by atoms with E-state index in [1.165, 1.54) is 57.8 Å². The largest absolute Gasteiger partial charge is 0.338 e. The summed E-state index contributed by atoms with van der Waals surface area (Å²) >= 11 is 0. The Morgan fingerprint density at radius 1 is 0.900 bits per heavy atom. The molecule has 0 aromatic carbocycles. The van der Waals surface area contributed by atoms with E-state index >= 15 is 0 Å². The minimum Gasteiger partial charge on any atom is -0.338 e. The standard InChI is InChI=1S/C17H28N2O/c20-17(16-14-8-3-7-13(14)11-18-16)19-10-4-9-15(19)12-5-1-2-6-12/h12-16,18H,1-11H2. The SMILES string of the molecule is O=C(C1NCC2CCCC21)N1CCCC1C1CCCC1. The van der Waals surface area contributed by atoms with Crippen molar-refractivity contribution >= 4 is 5.91 Å². The van der Waals surface area contributed by atoms with Gasteiger partial charge in [0.15, 0.2) is 0 Å². The molecule has 0 radical (unpaired) electrons. The third-order valence-electron chi connectivity index (χ3n) is 6.54. The van der Waals surface area contributed by atoms with E-state index in [2.05, 4.69) is 10.2 Å². The minimum atomic E-state index is 0.157. The monoisotopic (exact) mass is 276 g/mol. The molecule has 20 heavy (non-hydrogen) atoms. The van der Waals surface area contributed by atoms with Gasteiger partial charge in [-0.2, -0.15) is 0 Å². The van der Waals surface area contributed by atoms with Crippen LogP contribution in [0.5, 0.6) is 0 Å². The van der Waals surface area contributed by atoms with Crippen LogP contribution in [0.15, 0.2) is 0 Å². The normalized spacial score (nSPS) is 41.5. The fourth-order valence-corrected chi connectivity index (χ4v) is 5.54. The van der Waals surface area contributed by atoms with E-state index < -0.39 is 0 Å². The second-order valence-electron chi connectivity index (χ2n) is 7.53. The van der Waals surface area contributed by atoms with Crippen LogP contribution in [-0.2, 0) is 4.79 Å². The van der Waals surface area contributed by atoms with Crippen molar-refractivity contribution in [2.24, 2.45) is 17.8 Å². The fraction of sp³-hybridized carbons (Fsp3) is 0.941. The average Bonchev–Trinajstić information content (AvgIpc) is 3.20. The number of carbonyl (C=O) groups is 1. The summed E-state index contributed by atoms with van der Waals surface area (Å²) in [6.07, 6.45) is 11.9. The van der Waals surface area contributed by atoms with E-state index in [1.807, 2.05) is 0 Å². The molecule has 4 fully saturated rings. The Labute approximate surface area is 122 Å². The first-order valence-electron chi connectivity index (χ1n) is 8.88. The smallest absolute Gasteiger partial charge is 0.240 e. The first-order chi connectivity index (χ1) is 9.84. The quantitative estimate of drug-likeness (QED) is 0.840. The third kappa shape index (κ3) is 2.09. The molecule has 0 bridgehead atoms. The van der Waals surface area contributed by atoms with Gasteiger partial charge in [0, 0.05) is 12.6 Å². The summed E-state index contributed by atoms with van der Waals surface area (Å²) in [4.78, 5) is 15.3. The highest BCUT2D eigenvalue weighted by molar-refractivity contribution is 5.83. The topological polar surface area (TPSA) is 32.3 Å². The number of nitrogens with zero attached hydrogens (tertiary/aromatic N) is 1. The van der Waals surface area contributed by atoms with Gasteiger partial charge in [-0.15, -0.1) is 0 Å². The molecule has 2 aliphatic heterocycles. The van der Waals surface area contributed by atoms with Crippen LogP contribution in [0.3, 0.4) is 0 Å².